The van der Waals surface area contributed by atoms with Crippen LogP contribution in [0.5, 0.6) is 0 Å². The zero-order chi connectivity index (χ0) is 45.8. The molecular formula is C65H40N2O2S. The predicted molar refractivity (Wildman–Crippen MR) is 296 cm³/mol. The van der Waals surface area contributed by atoms with E-state index in [1.807, 2.05) is 11.3 Å². The molecule has 5 heteroatoms. The van der Waals surface area contributed by atoms with E-state index in [1.54, 1.807) is 0 Å². The lowest BCUT2D eigenvalue weighted by Crippen LogP contribution is -2.13. The summed E-state index contributed by atoms with van der Waals surface area (Å²) in [7, 11) is 0. The van der Waals surface area contributed by atoms with Crippen LogP contribution in [-0.2, 0) is 0 Å². The summed E-state index contributed by atoms with van der Waals surface area (Å²) in [6.45, 7) is 2.32. The van der Waals surface area contributed by atoms with E-state index in [2.05, 4.69) is 206 Å². The van der Waals surface area contributed by atoms with Crippen LogP contribution in [-0.4, -0.2) is 10.3 Å². The molecule has 4 nitrogen and oxygen atoms in total. The van der Waals surface area contributed by atoms with Crippen molar-refractivity contribution in [3.05, 3.63) is 216 Å². The van der Waals surface area contributed by atoms with Gasteiger partial charge in [-0.05, 0) is 117 Å². The molecule has 328 valence electrons. The summed E-state index contributed by atoms with van der Waals surface area (Å²) < 4.78 is 19.0. The molecular weight excluding hydrogens is 873 g/mol. The molecule has 70 heavy (non-hydrogen) atoms. The van der Waals surface area contributed by atoms with Gasteiger partial charge in [0.2, 0.25) is 0 Å². The summed E-state index contributed by atoms with van der Waals surface area (Å²) in [5.74, 6) is 0.0364. The van der Waals surface area contributed by atoms with E-state index in [-0.39, 0.29) is 5.92 Å². The first-order valence-corrected chi connectivity index (χ1v) is 25.1. The third-order valence-corrected chi connectivity index (χ3v) is 16.6. The van der Waals surface area contributed by atoms with Crippen molar-refractivity contribution >= 4 is 141 Å². The fourth-order valence-corrected chi connectivity index (χ4v) is 13.3. The normalized spacial score (nSPS) is 15.9. The largest absolute Gasteiger partial charge is 0.456 e. The Hall–Kier alpha value is -8.51. The molecule has 0 saturated heterocycles. The third-order valence-electron chi connectivity index (χ3n) is 15.5. The maximum Gasteiger partial charge on any atom is 0.160 e. The Morgan fingerprint density at radius 2 is 1.14 bits per heavy atom. The second-order valence-electron chi connectivity index (χ2n) is 19.2. The smallest absolute Gasteiger partial charge is 0.160 e. The van der Waals surface area contributed by atoms with Crippen molar-refractivity contribution in [1.82, 2.24) is 4.57 Å². The van der Waals surface area contributed by atoms with Crippen molar-refractivity contribution < 1.29 is 8.83 Å². The van der Waals surface area contributed by atoms with Crippen molar-refractivity contribution in [2.45, 2.75) is 19.8 Å². The van der Waals surface area contributed by atoms with E-state index >= 15 is 0 Å². The second kappa shape index (κ2) is 14.3. The van der Waals surface area contributed by atoms with E-state index in [1.165, 1.54) is 63.8 Å². The minimum atomic E-state index is 0.0364. The Morgan fingerprint density at radius 1 is 0.500 bits per heavy atom. The summed E-state index contributed by atoms with van der Waals surface area (Å²) >= 11 is 1.85. The van der Waals surface area contributed by atoms with Crippen molar-refractivity contribution in [2.75, 3.05) is 0 Å². The molecule has 14 aromatic rings. The van der Waals surface area contributed by atoms with Gasteiger partial charge in [0.1, 0.15) is 16.7 Å². The zero-order valence-corrected chi connectivity index (χ0v) is 38.9. The lowest BCUT2D eigenvalue weighted by Gasteiger charge is -2.26. The van der Waals surface area contributed by atoms with E-state index in [4.69, 9.17) is 13.8 Å². The van der Waals surface area contributed by atoms with Crippen LogP contribution in [0, 0.1) is 5.92 Å². The fourth-order valence-electron chi connectivity index (χ4n) is 12.1. The van der Waals surface area contributed by atoms with Gasteiger partial charge >= 0.3 is 0 Å². The molecule has 0 radical (unpaired) electrons. The number of furan rings is 2. The van der Waals surface area contributed by atoms with Crippen molar-refractivity contribution in [3.63, 3.8) is 0 Å². The number of hydrogen-bond donors (Lipinski definition) is 0. The minimum absolute atomic E-state index is 0.0364. The molecule has 0 amide bonds. The molecule has 1 atom stereocenters. The van der Waals surface area contributed by atoms with Gasteiger partial charge in [0, 0.05) is 76.0 Å². The topological polar surface area (TPSA) is 43.6 Å². The number of para-hydroxylation sites is 1. The van der Waals surface area contributed by atoms with E-state index in [0.717, 1.165) is 101 Å². The number of aliphatic imine (C=N–C) groups is 1. The standard InChI is InChI=1S/C65H40N2O2S/c1-2-36-29-54(42-20-24-48-47-16-8-10-18-61(47)70-62(48)34-42)66-55-35-51(63(36)43-21-23-46-45-15-7-9-17-58(45)68-59(46)33-43)41-19-22-44-52-27-37-11-3-5-13-39(37)30-57(52)67(56(44)31-41)64-50(55)26-25-49-53-28-38-12-4-6-14-40(38)32-60(53)69-65(49)64/h3-34,36H,2,35H2,1H3/b54-29-,63-51?,66-55?. The number of nitrogens with zero attached hydrogens (tertiary/aromatic N) is 2. The Labute approximate surface area is 405 Å². The van der Waals surface area contributed by atoms with Gasteiger partial charge in [-0.1, -0.05) is 134 Å². The Kier molecular flexibility index (Phi) is 7.84. The molecule has 10 aromatic carbocycles. The summed E-state index contributed by atoms with van der Waals surface area (Å²) in [5, 5.41) is 14.2. The van der Waals surface area contributed by atoms with Crippen molar-refractivity contribution in [2.24, 2.45) is 10.9 Å². The van der Waals surface area contributed by atoms with Gasteiger partial charge in [-0.2, -0.15) is 0 Å². The Morgan fingerprint density at radius 3 is 2.00 bits per heavy atom. The SMILES string of the molecule is CCC1/C=C(/c2ccc3c(c2)sc2ccccc23)N=C2CC(=C1c1ccc3c(c1)oc1ccccc13)c1ccc3c4cc5ccccc5cc4n(c3c1)-c1c2ccc2c1oc1cc3ccccc3cc12. The monoisotopic (exact) mass is 912 g/mol. The highest BCUT2D eigenvalue weighted by Gasteiger charge is 2.31. The van der Waals surface area contributed by atoms with Gasteiger partial charge in [-0.15, -0.1) is 11.3 Å². The molecule has 4 bridgehead atoms. The summed E-state index contributed by atoms with van der Waals surface area (Å²) in [6.07, 6.45) is 3.94. The van der Waals surface area contributed by atoms with Crippen LogP contribution in [0.1, 0.15) is 42.0 Å². The highest BCUT2D eigenvalue weighted by Crippen LogP contribution is 2.49. The van der Waals surface area contributed by atoms with E-state index < -0.39 is 0 Å². The second-order valence-corrected chi connectivity index (χ2v) is 20.3. The highest BCUT2D eigenvalue weighted by atomic mass is 32.1. The highest BCUT2D eigenvalue weighted by molar-refractivity contribution is 7.25. The lowest BCUT2D eigenvalue weighted by atomic mass is 9.80. The van der Waals surface area contributed by atoms with Crippen LogP contribution in [0.2, 0.25) is 0 Å². The number of rotatable bonds is 3. The molecule has 2 aliphatic heterocycles. The van der Waals surface area contributed by atoms with Crippen LogP contribution in [0.15, 0.2) is 208 Å². The van der Waals surface area contributed by atoms with Crippen LogP contribution >= 0.6 is 11.3 Å². The number of aromatic nitrogens is 1. The van der Waals surface area contributed by atoms with Crippen LogP contribution in [0.25, 0.3) is 130 Å². The number of thiophene rings is 1. The summed E-state index contributed by atoms with van der Waals surface area (Å²) in [5.41, 5.74) is 15.9. The van der Waals surface area contributed by atoms with Gasteiger partial charge in [0.25, 0.3) is 0 Å². The predicted octanol–water partition coefficient (Wildman–Crippen LogP) is 18.4. The molecule has 0 N–H and O–H groups in total. The average molecular weight is 913 g/mol. The number of hydrogen-bond acceptors (Lipinski definition) is 4. The molecule has 0 saturated carbocycles. The molecule has 0 fully saturated rings. The lowest BCUT2D eigenvalue weighted by molar-refractivity contribution is 0.666. The summed E-state index contributed by atoms with van der Waals surface area (Å²) in [6, 6.07) is 69.3. The van der Waals surface area contributed by atoms with Crippen LogP contribution in [0.3, 0.4) is 0 Å². The fraction of sp³-hybridized carbons (Fsp3) is 0.0615. The van der Waals surface area contributed by atoms with Gasteiger partial charge in [0.05, 0.1) is 28.1 Å². The molecule has 16 rings (SSSR count). The van der Waals surface area contributed by atoms with Crippen LogP contribution < -0.4 is 0 Å². The third kappa shape index (κ3) is 5.44. The first-order chi connectivity index (χ1) is 34.6. The Bertz CT molecular complexity index is 4740. The number of fused-ring (bicyclic) bond motifs is 22. The number of benzene rings is 10. The van der Waals surface area contributed by atoms with Gasteiger partial charge < -0.3 is 13.4 Å². The molecule has 0 aliphatic carbocycles. The van der Waals surface area contributed by atoms with Crippen molar-refractivity contribution in [1.29, 1.82) is 0 Å². The van der Waals surface area contributed by atoms with Gasteiger partial charge in [-0.25, -0.2) is 0 Å². The first kappa shape index (κ1) is 38.5. The van der Waals surface area contributed by atoms with E-state index in [9.17, 15) is 0 Å². The quantitative estimate of drug-likeness (QED) is 0.177. The molecule has 6 heterocycles. The molecule has 4 aromatic heterocycles. The molecule has 0 spiro atoms. The minimum Gasteiger partial charge on any atom is -0.456 e. The maximum atomic E-state index is 7.27. The van der Waals surface area contributed by atoms with Gasteiger partial charge in [0.15, 0.2) is 5.58 Å². The van der Waals surface area contributed by atoms with Crippen molar-refractivity contribution in [3.8, 4) is 5.69 Å². The maximum absolute atomic E-state index is 7.27. The Balaban J connectivity index is 1.06. The first-order valence-electron chi connectivity index (χ1n) is 24.3. The average Bonchev–Trinajstić information content (AvgIpc) is 4.15. The van der Waals surface area contributed by atoms with E-state index in [0.29, 0.717) is 6.42 Å². The summed E-state index contributed by atoms with van der Waals surface area (Å²) in [4.78, 5) is 5.98. The van der Waals surface area contributed by atoms with Crippen LogP contribution in [0.4, 0.5) is 0 Å². The zero-order valence-electron chi connectivity index (χ0n) is 38.1. The number of allylic oxidation sites excluding steroid dienone is 3. The molecule has 2 aliphatic rings. The molecule has 1 unspecified atom stereocenters. The van der Waals surface area contributed by atoms with Gasteiger partial charge in [-0.3, -0.25) is 4.99 Å².